The van der Waals surface area contributed by atoms with Crippen LogP contribution in [-0.4, -0.2) is 36.3 Å². The lowest BCUT2D eigenvalue weighted by Gasteiger charge is -2.10. The van der Waals surface area contributed by atoms with Crippen LogP contribution in [0.3, 0.4) is 0 Å². The van der Waals surface area contributed by atoms with E-state index in [4.69, 9.17) is 9.47 Å². The summed E-state index contributed by atoms with van der Waals surface area (Å²) in [4.78, 5) is 19.0. The molecule has 0 N–H and O–H groups in total. The fourth-order valence-corrected chi connectivity index (χ4v) is 0.857. The van der Waals surface area contributed by atoms with E-state index >= 15 is 0 Å². The van der Waals surface area contributed by atoms with E-state index in [1.165, 1.54) is 32.8 Å². The van der Waals surface area contributed by atoms with Gasteiger partial charge < -0.3 is 9.47 Å². The first-order valence-corrected chi connectivity index (χ1v) is 3.65. The van der Waals surface area contributed by atoms with E-state index in [0.29, 0.717) is 0 Å². The third-order valence-electron chi connectivity index (χ3n) is 1.46. The predicted octanol–water partition coefficient (Wildman–Crippen LogP) is 0.278. The number of ketones is 1. The lowest BCUT2D eigenvalue weighted by Crippen LogP contribution is -2.25. The Labute approximate surface area is 75.7 Å². The molecule has 0 atom stereocenters. The van der Waals surface area contributed by atoms with Gasteiger partial charge in [0.05, 0.1) is 6.20 Å². The van der Waals surface area contributed by atoms with Crippen molar-refractivity contribution in [3.8, 4) is 0 Å². The lowest BCUT2D eigenvalue weighted by atomic mass is 10.3. The topological polar surface area (TPSA) is 61.3 Å². The van der Waals surface area contributed by atoms with Gasteiger partial charge in [0.15, 0.2) is 0 Å². The van der Waals surface area contributed by atoms with E-state index in [0.717, 1.165) is 0 Å². The van der Waals surface area contributed by atoms with Crippen LogP contribution in [0.5, 0.6) is 0 Å². The Balaban J connectivity index is 2.78. The summed E-state index contributed by atoms with van der Waals surface area (Å²) < 4.78 is 9.55. The van der Waals surface area contributed by atoms with Gasteiger partial charge in [0, 0.05) is 26.6 Å². The number of Topliss-reactive ketones (excluding diaryl/α,β-unsaturated/α-hetero) is 1. The molecule has 0 radical (unpaired) electrons. The van der Waals surface area contributed by atoms with Crippen molar-refractivity contribution in [1.29, 1.82) is 0 Å². The maximum absolute atomic E-state index is 11.5. The van der Waals surface area contributed by atoms with E-state index in [2.05, 4.69) is 9.97 Å². The highest BCUT2D eigenvalue weighted by Gasteiger charge is 2.19. The molecule has 0 aliphatic rings. The van der Waals surface area contributed by atoms with E-state index < -0.39 is 6.29 Å². The molecule has 1 heterocycles. The Morgan fingerprint density at radius 1 is 1.38 bits per heavy atom. The van der Waals surface area contributed by atoms with Gasteiger partial charge in [-0.15, -0.1) is 0 Å². The van der Waals surface area contributed by atoms with Crippen LogP contribution in [0.1, 0.15) is 10.5 Å². The van der Waals surface area contributed by atoms with Crippen molar-refractivity contribution in [2.24, 2.45) is 0 Å². The first kappa shape index (κ1) is 9.76. The lowest BCUT2D eigenvalue weighted by molar-refractivity contribution is -0.0744. The number of nitrogens with zero attached hydrogens (tertiary/aromatic N) is 2. The molecule has 1 aromatic rings. The summed E-state index contributed by atoms with van der Waals surface area (Å²) in [6.07, 6.45) is 3.39. The van der Waals surface area contributed by atoms with Crippen LogP contribution in [0, 0.1) is 0 Å². The zero-order chi connectivity index (χ0) is 9.68. The van der Waals surface area contributed by atoms with E-state index in [-0.39, 0.29) is 11.5 Å². The second kappa shape index (κ2) is 4.64. The van der Waals surface area contributed by atoms with Crippen LogP contribution in [0.15, 0.2) is 18.6 Å². The number of carbonyl (C=O) groups excluding carboxylic acids is 1. The number of hydrogen-bond acceptors (Lipinski definition) is 5. The van der Waals surface area contributed by atoms with Crippen molar-refractivity contribution in [2.75, 3.05) is 14.2 Å². The molecule has 0 spiro atoms. The van der Waals surface area contributed by atoms with Gasteiger partial charge in [0.25, 0.3) is 0 Å². The van der Waals surface area contributed by atoms with Crippen LogP contribution < -0.4 is 0 Å². The number of hydrogen-bond donors (Lipinski definition) is 0. The van der Waals surface area contributed by atoms with Gasteiger partial charge in [-0.25, -0.2) is 4.98 Å². The van der Waals surface area contributed by atoms with E-state index in [9.17, 15) is 4.79 Å². The number of carbonyl (C=O) groups is 1. The van der Waals surface area contributed by atoms with Gasteiger partial charge in [-0.2, -0.15) is 0 Å². The standard InChI is InChI=1S/C8H10N2O3/c1-12-8(13-2)7(11)6-5-9-3-4-10-6/h3-5,8H,1-2H3. The van der Waals surface area contributed by atoms with Crippen LogP contribution >= 0.6 is 0 Å². The molecule has 0 aliphatic carbocycles. The molecule has 0 bridgehead atoms. The second-order valence-electron chi connectivity index (χ2n) is 2.26. The monoisotopic (exact) mass is 182 g/mol. The Bertz CT molecular complexity index is 272. The second-order valence-corrected chi connectivity index (χ2v) is 2.26. The van der Waals surface area contributed by atoms with Crippen molar-refractivity contribution in [2.45, 2.75) is 6.29 Å². The third-order valence-corrected chi connectivity index (χ3v) is 1.46. The molecular weight excluding hydrogens is 172 g/mol. The van der Waals surface area contributed by atoms with Crippen molar-refractivity contribution in [3.63, 3.8) is 0 Å². The summed E-state index contributed by atoms with van der Waals surface area (Å²) >= 11 is 0. The molecule has 0 saturated carbocycles. The van der Waals surface area contributed by atoms with E-state index in [1.807, 2.05) is 0 Å². The number of methoxy groups -OCH3 is 2. The highest BCUT2D eigenvalue weighted by atomic mass is 16.7. The summed E-state index contributed by atoms with van der Waals surface area (Å²) in [6, 6.07) is 0. The Morgan fingerprint density at radius 3 is 2.54 bits per heavy atom. The molecule has 1 aromatic heterocycles. The molecule has 0 aliphatic heterocycles. The van der Waals surface area contributed by atoms with Gasteiger partial charge in [-0.1, -0.05) is 0 Å². The zero-order valence-corrected chi connectivity index (χ0v) is 7.43. The minimum Gasteiger partial charge on any atom is -0.349 e. The maximum atomic E-state index is 11.5. The SMILES string of the molecule is COC(OC)C(=O)c1cnccn1. The molecule has 0 saturated heterocycles. The van der Waals surface area contributed by atoms with Crippen LogP contribution in [0.4, 0.5) is 0 Å². The summed E-state index contributed by atoms with van der Waals surface area (Å²) in [7, 11) is 2.78. The third kappa shape index (κ3) is 2.30. The molecular formula is C8H10N2O3. The number of rotatable bonds is 4. The predicted molar refractivity (Wildman–Crippen MR) is 44.2 cm³/mol. The maximum Gasteiger partial charge on any atom is 0.238 e. The minimum absolute atomic E-state index is 0.233. The molecule has 70 valence electrons. The fraction of sp³-hybridized carbons (Fsp3) is 0.375. The normalized spacial score (nSPS) is 10.4. The molecule has 1 rings (SSSR count). The Kier molecular flexibility index (Phi) is 3.48. The number of ether oxygens (including phenoxy) is 2. The van der Waals surface area contributed by atoms with Crippen molar-refractivity contribution in [3.05, 3.63) is 24.3 Å². The minimum atomic E-state index is -0.906. The quantitative estimate of drug-likeness (QED) is 0.494. The molecule has 5 heteroatoms. The van der Waals surface area contributed by atoms with E-state index in [1.54, 1.807) is 0 Å². The summed E-state index contributed by atoms with van der Waals surface area (Å²) in [5.74, 6) is -0.335. The summed E-state index contributed by atoms with van der Waals surface area (Å²) in [5.41, 5.74) is 0.233. The molecule has 0 fully saturated rings. The Hall–Kier alpha value is -1.33. The molecule has 5 nitrogen and oxygen atoms in total. The average Bonchev–Trinajstić information content (AvgIpc) is 2.21. The molecule has 0 amide bonds. The molecule has 0 aromatic carbocycles. The van der Waals surface area contributed by atoms with Gasteiger partial charge in [0.1, 0.15) is 5.69 Å². The van der Waals surface area contributed by atoms with Crippen molar-refractivity contribution in [1.82, 2.24) is 9.97 Å². The van der Waals surface area contributed by atoms with Crippen molar-refractivity contribution < 1.29 is 14.3 Å². The zero-order valence-electron chi connectivity index (χ0n) is 7.43. The first-order valence-electron chi connectivity index (χ1n) is 3.65. The van der Waals surface area contributed by atoms with Gasteiger partial charge in [0.2, 0.25) is 12.1 Å². The van der Waals surface area contributed by atoms with Crippen molar-refractivity contribution >= 4 is 5.78 Å². The smallest absolute Gasteiger partial charge is 0.238 e. The Morgan fingerprint density at radius 2 is 2.08 bits per heavy atom. The highest BCUT2D eigenvalue weighted by molar-refractivity contribution is 5.96. The van der Waals surface area contributed by atoms with Gasteiger partial charge in [-0.3, -0.25) is 9.78 Å². The fourth-order valence-electron chi connectivity index (χ4n) is 0.857. The molecule has 0 unspecified atom stereocenters. The average molecular weight is 182 g/mol. The summed E-state index contributed by atoms with van der Waals surface area (Å²) in [6.45, 7) is 0. The van der Waals surface area contributed by atoms with Gasteiger partial charge in [-0.05, 0) is 0 Å². The van der Waals surface area contributed by atoms with Crippen LogP contribution in [0.2, 0.25) is 0 Å². The molecule has 13 heavy (non-hydrogen) atoms. The largest absolute Gasteiger partial charge is 0.349 e. The first-order chi connectivity index (χ1) is 6.29. The van der Waals surface area contributed by atoms with Crippen LogP contribution in [-0.2, 0) is 9.47 Å². The number of aromatic nitrogens is 2. The van der Waals surface area contributed by atoms with Crippen LogP contribution in [0.25, 0.3) is 0 Å². The highest BCUT2D eigenvalue weighted by Crippen LogP contribution is 2.01. The summed E-state index contributed by atoms with van der Waals surface area (Å²) in [5, 5.41) is 0. The van der Waals surface area contributed by atoms with Gasteiger partial charge >= 0.3 is 0 Å².